The highest BCUT2D eigenvalue weighted by Gasteiger charge is 2.66. The molecule has 1 amide bonds. The van der Waals surface area contributed by atoms with Gasteiger partial charge in [-0.2, -0.15) is 0 Å². The number of carbonyl (C=O) groups excluding carboxylic acids is 1. The molecule has 2 saturated heterocycles. The number of fused-ring (bicyclic) bond motifs is 1. The molecule has 3 aliphatic rings. The fourth-order valence-corrected chi connectivity index (χ4v) is 4.24. The van der Waals surface area contributed by atoms with Crippen LogP contribution in [0.4, 0.5) is 0 Å². The van der Waals surface area contributed by atoms with E-state index < -0.39 is 11.2 Å². The average molecular weight is 366 g/mol. The second-order valence-electron chi connectivity index (χ2n) is 6.56. The van der Waals surface area contributed by atoms with Crippen molar-refractivity contribution in [1.82, 2.24) is 4.90 Å². The number of rotatable bonds is 5. The van der Waals surface area contributed by atoms with Gasteiger partial charge in [-0.15, -0.1) is 6.58 Å². The summed E-state index contributed by atoms with van der Waals surface area (Å²) >= 11 is 12.1. The zero-order valence-corrected chi connectivity index (χ0v) is 14.5. The third kappa shape index (κ3) is 2.28. The van der Waals surface area contributed by atoms with E-state index in [0.29, 0.717) is 35.5 Å². The first-order valence-electron chi connectivity index (χ1n) is 7.87. The lowest BCUT2D eigenvalue weighted by Crippen LogP contribution is -2.41. The van der Waals surface area contributed by atoms with Gasteiger partial charge in [-0.1, -0.05) is 29.3 Å². The Hall–Kier alpha value is -1.49. The highest BCUT2D eigenvalue weighted by Crippen LogP contribution is 2.54. The number of likely N-dealkylation sites (tertiary alicyclic amines) is 1. The first-order valence-corrected chi connectivity index (χ1v) is 8.62. The molecule has 1 aromatic rings. The number of ether oxygens (including phenoxy) is 2. The van der Waals surface area contributed by atoms with Crippen molar-refractivity contribution in [2.24, 2.45) is 5.92 Å². The Labute approximate surface area is 150 Å². The van der Waals surface area contributed by atoms with Crippen molar-refractivity contribution in [3.05, 3.63) is 53.1 Å². The summed E-state index contributed by atoms with van der Waals surface area (Å²) in [4.78, 5) is 14.5. The Morgan fingerprint density at radius 2 is 2.25 bits per heavy atom. The minimum Gasteiger partial charge on any atom is -0.489 e. The molecule has 2 bridgehead atoms. The quantitative estimate of drug-likeness (QED) is 0.749. The van der Waals surface area contributed by atoms with Crippen molar-refractivity contribution in [2.75, 3.05) is 19.7 Å². The molecule has 3 aliphatic heterocycles. The third-order valence-electron chi connectivity index (χ3n) is 4.98. The smallest absolute Gasteiger partial charge is 0.259 e. The SMILES string of the molecule is C=CCN1CC2CC3(COc4cc(Cl)ccc4Cl)C=CC2(O3)C1=O. The maximum absolute atomic E-state index is 12.7. The largest absolute Gasteiger partial charge is 0.489 e. The van der Waals surface area contributed by atoms with Crippen LogP contribution in [-0.2, 0) is 9.53 Å². The molecular formula is C18H17Cl2NO3. The normalized spacial score (nSPS) is 33.2. The standard InChI is InChI=1S/C18H17Cl2NO3/c1-2-7-21-10-12-9-17(5-6-18(12,24-17)16(21)22)11-23-15-8-13(19)3-4-14(15)20/h2-6,8,12H,1,7,9-11H2. The van der Waals surface area contributed by atoms with Gasteiger partial charge in [0.1, 0.15) is 18.0 Å². The minimum absolute atomic E-state index is 0.0174. The van der Waals surface area contributed by atoms with E-state index in [0.717, 1.165) is 6.42 Å². The van der Waals surface area contributed by atoms with Gasteiger partial charge in [-0.25, -0.2) is 0 Å². The molecule has 0 radical (unpaired) electrons. The van der Waals surface area contributed by atoms with Gasteiger partial charge < -0.3 is 14.4 Å². The van der Waals surface area contributed by atoms with Crippen molar-refractivity contribution in [2.45, 2.75) is 17.6 Å². The van der Waals surface area contributed by atoms with Crippen LogP contribution in [0.2, 0.25) is 10.0 Å². The van der Waals surface area contributed by atoms with Crippen LogP contribution in [0.1, 0.15) is 6.42 Å². The van der Waals surface area contributed by atoms with E-state index in [-0.39, 0.29) is 11.8 Å². The molecule has 0 saturated carbocycles. The summed E-state index contributed by atoms with van der Waals surface area (Å²) in [6.07, 6.45) is 6.35. The van der Waals surface area contributed by atoms with Crippen molar-refractivity contribution < 1.29 is 14.3 Å². The Morgan fingerprint density at radius 3 is 3.00 bits per heavy atom. The van der Waals surface area contributed by atoms with Gasteiger partial charge in [0.05, 0.1) is 5.02 Å². The molecule has 0 aliphatic carbocycles. The van der Waals surface area contributed by atoms with E-state index >= 15 is 0 Å². The highest BCUT2D eigenvalue weighted by atomic mass is 35.5. The van der Waals surface area contributed by atoms with E-state index in [1.54, 1.807) is 29.2 Å². The summed E-state index contributed by atoms with van der Waals surface area (Å²) < 4.78 is 12.1. The third-order valence-corrected chi connectivity index (χ3v) is 5.53. The van der Waals surface area contributed by atoms with E-state index in [2.05, 4.69) is 6.58 Å². The number of carbonyl (C=O) groups is 1. The van der Waals surface area contributed by atoms with Gasteiger partial charge in [-0.3, -0.25) is 4.79 Å². The fraction of sp³-hybridized carbons (Fsp3) is 0.389. The zero-order chi connectivity index (χ0) is 16.9. The Bertz CT molecular complexity index is 750. The monoisotopic (exact) mass is 365 g/mol. The van der Waals surface area contributed by atoms with Gasteiger partial charge in [-0.05, 0) is 30.7 Å². The highest BCUT2D eigenvalue weighted by molar-refractivity contribution is 6.34. The molecule has 6 heteroatoms. The van der Waals surface area contributed by atoms with Crippen LogP contribution < -0.4 is 4.74 Å². The Morgan fingerprint density at radius 1 is 1.42 bits per heavy atom. The fourth-order valence-electron chi connectivity index (χ4n) is 3.90. The Balaban J connectivity index is 1.50. The summed E-state index contributed by atoms with van der Waals surface area (Å²) in [5.41, 5.74) is -1.41. The summed E-state index contributed by atoms with van der Waals surface area (Å²) in [6.45, 7) is 5.25. The predicted molar refractivity (Wildman–Crippen MR) is 92.5 cm³/mol. The van der Waals surface area contributed by atoms with Crippen LogP contribution in [0, 0.1) is 5.92 Å². The molecule has 0 N–H and O–H groups in total. The second kappa shape index (κ2) is 5.51. The summed E-state index contributed by atoms with van der Waals surface area (Å²) in [7, 11) is 0. The van der Waals surface area contributed by atoms with Gasteiger partial charge >= 0.3 is 0 Å². The van der Waals surface area contributed by atoms with E-state index in [4.69, 9.17) is 32.7 Å². The van der Waals surface area contributed by atoms with Crippen LogP contribution in [0.25, 0.3) is 0 Å². The lowest BCUT2D eigenvalue weighted by molar-refractivity contribution is -0.147. The molecule has 126 valence electrons. The number of amides is 1. The number of hydrogen-bond donors (Lipinski definition) is 0. The molecule has 0 aromatic heterocycles. The Kier molecular flexibility index (Phi) is 3.68. The average Bonchev–Trinajstić information content (AvgIpc) is 3.17. The maximum Gasteiger partial charge on any atom is 0.259 e. The summed E-state index contributed by atoms with van der Waals surface area (Å²) in [5.74, 6) is 0.686. The molecule has 3 unspecified atom stereocenters. The number of halogens is 2. The van der Waals surface area contributed by atoms with E-state index in [9.17, 15) is 4.79 Å². The maximum atomic E-state index is 12.7. The minimum atomic E-state index is -0.829. The van der Waals surface area contributed by atoms with Crippen LogP contribution in [-0.4, -0.2) is 41.7 Å². The van der Waals surface area contributed by atoms with Crippen LogP contribution >= 0.6 is 23.2 Å². The molecular weight excluding hydrogens is 349 g/mol. The topological polar surface area (TPSA) is 38.8 Å². The molecule has 3 heterocycles. The summed E-state index contributed by atoms with van der Waals surface area (Å²) in [5, 5.41) is 1.06. The van der Waals surface area contributed by atoms with E-state index in [1.807, 2.05) is 12.2 Å². The number of benzene rings is 1. The predicted octanol–water partition coefficient (Wildman–Crippen LogP) is 3.48. The van der Waals surface area contributed by atoms with Crippen LogP contribution in [0.3, 0.4) is 0 Å². The molecule has 4 nitrogen and oxygen atoms in total. The second-order valence-corrected chi connectivity index (χ2v) is 7.40. The van der Waals surface area contributed by atoms with Gasteiger partial charge in [0.15, 0.2) is 5.60 Å². The first kappa shape index (κ1) is 16.0. The van der Waals surface area contributed by atoms with Crippen molar-refractivity contribution in [3.63, 3.8) is 0 Å². The number of nitrogens with zero attached hydrogens (tertiary/aromatic N) is 1. The lowest BCUT2D eigenvalue weighted by atomic mass is 9.81. The lowest BCUT2D eigenvalue weighted by Gasteiger charge is -2.26. The molecule has 4 rings (SSSR count). The first-order chi connectivity index (χ1) is 11.5. The van der Waals surface area contributed by atoms with Crippen molar-refractivity contribution in [3.8, 4) is 5.75 Å². The van der Waals surface area contributed by atoms with Crippen molar-refractivity contribution >= 4 is 29.1 Å². The molecule has 1 spiro atoms. The van der Waals surface area contributed by atoms with Gasteiger partial charge in [0, 0.05) is 30.1 Å². The number of hydrogen-bond acceptors (Lipinski definition) is 3. The molecule has 1 aromatic carbocycles. The molecule has 3 atom stereocenters. The van der Waals surface area contributed by atoms with E-state index in [1.165, 1.54) is 0 Å². The molecule has 24 heavy (non-hydrogen) atoms. The molecule has 2 fully saturated rings. The zero-order valence-electron chi connectivity index (χ0n) is 13.0. The van der Waals surface area contributed by atoms with Crippen LogP contribution in [0.5, 0.6) is 5.75 Å². The summed E-state index contributed by atoms with van der Waals surface area (Å²) in [6, 6.07) is 5.09. The van der Waals surface area contributed by atoms with Crippen LogP contribution in [0.15, 0.2) is 43.0 Å². The van der Waals surface area contributed by atoms with Gasteiger partial charge in [0.2, 0.25) is 0 Å². The van der Waals surface area contributed by atoms with Crippen molar-refractivity contribution in [1.29, 1.82) is 0 Å². The van der Waals surface area contributed by atoms with Gasteiger partial charge in [0.25, 0.3) is 5.91 Å².